The van der Waals surface area contributed by atoms with Gasteiger partial charge < -0.3 is 10.1 Å². The lowest BCUT2D eigenvalue weighted by atomic mass is 10.2. The molecule has 0 aliphatic rings. The minimum Gasteiger partial charge on any atom is -0.481 e. The van der Waals surface area contributed by atoms with Crippen molar-refractivity contribution in [1.29, 1.82) is 0 Å². The van der Waals surface area contributed by atoms with Gasteiger partial charge in [0.25, 0.3) is 5.91 Å². The van der Waals surface area contributed by atoms with Gasteiger partial charge in [0.2, 0.25) is 0 Å². The van der Waals surface area contributed by atoms with Gasteiger partial charge in [0, 0.05) is 36.2 Å². The first-order valence-corrected chi connectivity index (χ1v) is 8.63. The molecule has 0 saturated carbocycles. The topological polar surface area (TPSA) is 69.0 Å². The van der Waals surface area contributed by atoms with Crippen LogP contribution in [0.4, 0.5) is 5.82 Å². The lowest BCUT2D eigenvalue weighted by Gasteiger charge is -2.13. The van der Waals surface area contributed by atoms with Crippen LogP contribution in [-0.2, 0) is 17.8 Å². The highest BCUT2D eigenvalue weighted by atomic mass is 35.5. The molecular formula is C19H19ClN4O2. The van der Waals surface area contributed by atoms with E-state index >= 15 is 0 Å². The van der Waals surface area contributed by atoms with Gasteiger partial charge in [-0.2, -0.15) is 5.10 Å². The highest BCUT2D eigenvalue weighted by Gasteiger charge is 2.16. The molecule has 26 heavy (non-hydrogen) atoms. The molecule has 0 aliphatic heterocycles. The monoisotopic (exact) mass is 370 g/mol. The van der Waals surface area contributed by atoms with Crippen LogP contribution in [0.1, 0.15) is 12.5 Å². The van der Waals surface area contributed by atoms with Crippen LogP contribution in [0.5, 0.6) is 5.75 Å². The molecular weight excluding hydrogens is 352 g/mol. The third kappa shape index (κ3) is 5.07. The number of hydrogen-bond donors (Lipinski definition) is 1. The standard InChI is InChI=1S/C19H19ClN4O2/c1-14(26-17-4-2-3-16(20)13-17)19(25)22-18-8-12-24(23-18)11-7-15-5-9-21-10-6-15/h2-6,8-10,12-14H,7,11H2,1H3,(H,22,23,25). The van der Waals surface area contributed by atoms with E-state index < -0.39 is 6.10 Å². The predicted molar refractivity (Wildman–Crippen MR) is 100 cm³/mol. The van der Waals surface area contributed by atoms with Crippen LogP contribution >= 0.6 is 11.6 Å². The Bertz CT molecular complexity index is 867. The van der Waals surface area contributed by atoms with Crippen molar-refractivity contribution in [3.8, 4) is 5.75 Å². The second kappa shape index (κ2) is 8.49. The molecule has 7 heteroatoms. The SMILES string of the molecule is CC(Oc1cccc(Cl)c1)C(=O)Nc1ccn(CCc2ccncc2)n1. The first-order chi connectivity index (χ1) is 12.6. The van der Waals surface area contributed by atoms with Gasteiger partial charge in [-0.3, -0.25) is 14.5 Å². The fraction of sp³-hybridized carbons (Fsp3) is 0.211. The average molecular weight is 371 g/mol. The van der Waals surface area contributed by atoms with Crippen molar-refractivity contribution in [3.05, 3.63) is 71.6 Å². The summed E-state index contributed by atoms with van der Waals surface area (Å²) < 4.78 is 7.39. The van der Waals surface area contributed by atoms with E-state index in [0.29, 0.717) is 23.1 Å². The van der Waals surface area contributed by atoms with E-state index in [9.17, 15) is 4.79 Å². The van der Waals surface area contributed by atoms with Crippen molar-refractivity contribution >= 4 is 23.3 Å². The number of amides is 1. The third-order valence-electron chi connectivity index (χ3n) is 3.75. The summed E-state index contributed by atoms with van der Waals surface area (Å²) in [7, 11) is 0. The summed E-state index contributed by atoms with van der Waals surface area (Å²) in [4.78, 5) is 16.3. The maximum atomic E-state index is 12.3. The largest absolute Gasteiger partial charge is 0.481 e. The molecule has 0 spiro atoms. The van der Waals surface area contributed by atoms with Gasteiger partial charge in [-0.25, -0.2) is 0 Å². The first-order valence-electron chi connectivity index (χ1n) is 8.25. The number of nitrogens with one attached hydrogen (secondary N) is 1. The number of halogens is 1. The van der Waals surface area contributed by atoms with Gasteiger partial charge in [-0.1, -0.05) is 17.7 Å². The van der Waals surface area contributed by atoms with E-state index in [0.717, 1.165) is 6.42 Å². The molecule has 6 nitrogen and oxygen atoms in total. The van der Waals surface area contributed by atoms with Crippen LogP contribution < -0.4 is 10.1 Å². The highest BCUT2D eigenvalue weighted by molar-refractivity contribution is 6.30. The van der Waals surface area contributed by atoms with Gasteiger partial charge in [0.05, 0.1) is 0 Å². The number of aryl methyl sites for hydroxylation is 2. The van der Waals surface area contributed by atoms with Gasteiger partial charge in [-0.15, -0.1) is 0 Å². The van der Waals surface area contributed by atoms with E-state index in [1.165, 1.54) is 5.56 Å². The summed E-state index contributed by atoms with van der Waals surface area (Å²) in [6.07, 6.45) is 5.54. The van der Waals surface area contributed by atoms with Gasteiger partial charge in [0.15, 0.2) is 11.9 Å². The van der Waals surface area contributed by atoms with E-state index in [2.05, 4.69) is 15.4 Å². The summed E-state index contributed by atoms with van der Waals surface area (Å²) in [5.41, 5.74) is 1.18. The van der Waals surface area contributed by atoms with Crippen molar-refractivity contribution in [2.45, 2.75) is 26.0 Å². The molecule has 134 valence electrons. The molecule has 1 N–H and O–H groups in total. The number of benzene rings is 1. The molecule has 3 aromatic rings. The Morgan fingerprint density at radius 2 is 2.08 bits per heavy atom. The Morgan fingerprint density at radius 1 is 1.27 bits per heavy atom. The summed E-state index contributed by atoms with van der Waals surface area (Å²) in [5, 5.41) is 7.68. The fourth-order valence-electron chi connectivity index (χ4n) is 2.37. The molecule has 1 unspecified atom stereocenters. The number of pyridine rings is 1. The fourth-order valence-corrected chi connectivity index (χ4v) is 2.55. The minimum absolute atomic E-state index is 0.274. The molecule has 0 radical (unpaired) electrons. The zero-order valence-electron chi connectivity index (χ0n) is 14.3. The normalized spacial score (nSPS) is 11.8. The number of carbonyl (C=O) groups excluding carboxylic acids is 1. The summed E-state index contributed by atoms with van der Waals surface area (Å²) in [5.74, 6) is 0.763. The Kier molecular flexibility index (Phi) is 5.86. The molecule has 0 fully saturated rings. The predicted octanol–water partition coefficient (Wildman–Crippen LogP) is 3.58. The van der Waals surface area contributed by atoms with Crippen LogP contribution in [0.3, 0.4) is 0 Å². The van der Waals surface area contributed by atoms with Crippen LogP contribution in [-0.4, -0.2) is 26.8 Å². The smallest absolute Gasteiger partial charge is 0.266 e. The lowest BCUT2D eigenvalue weighted by molar-refractivity contribution is -0.122. The van der Waals surface area contributed by atoms with E-state index in [1.807, 2.05) is 18.3 Å². The van der Waals surface area contributed by atoms with Crippen molar-refractivity contribution < 1.29 is 9.53 Å². The van der Waals surface area contributed by atoms with Crippen molar-refractivity contribution in [1.82, 2.24) is 14.8 Å². The van der Waals surface area contributed by atoms with E-state index in [4.69, 9.17) is 16.3 Å². The van der Waals surface area contributed by atoms with Crippen LogP contribution in [0.2, 0.25) is 5.02 Å². The molecule has 3 rings (SSSR count). The van der Waals surface area contributed by atoms with Gasteiger partial charge in [0.1, 0.15) is 5.75 Å². The van der Waals surface area contributed by atoms with Crippen molar-refractivity contribution in [2.24, 2.45) is 0 Å². The Morgan fingerprint density at radius 3 is 2.85 bits per heavy atom. The zero-order valence-corrected chi connectivity index (χ0v) is 15.1. The highest BCUT2D eigenvalue weighted by Crippen LogP contribution is 2.18. The second-order valence-corrected chi connectivity index (χ2v) is 6.21. The number of carbonyl (C=O) groups is 1. The van der Waals surface area contributed by atoms with E-state index in [1.54, 1.807) is 54.3 Å². The van der Waals surface area contributed by atoms with Crippen LogP contribution in [0.15, 0.2) is 61.1 Å². The van der Waals surface area contributed by atoms with Gasteiger partial charge in [-0.05, 0) is 49.2 Å². The molecule has 0 aliphatic carbocycles. The maximum absolute atomic E-state index is 12.3. The Hall–Kier alpha value is -2.86. The van der Waals surface area contributed by atoms with Crippen molar-refractivity contribution in [3.63, 3.8) is 0 Å². The summed E-state index contributed by atoms with van der Waals surface area (Å²) in [6, 6.07) is 12.6. The molecule has 1 aromatic carbocycles. The Labute approximate surface area is 156 Å². The molecule has 1 atom stereocenters. The zero-order chi connectivity index (χ0) is 18.4. The van der Waals surface area contributed by atoms with Crippen LogP contribution in [0, 0.1) is 0 Å². The number of hydrogen-bond acceptors (Lipinski definition) is 4. The average Bonchev–Trinajstić information content (AvgIpc) is 3.08. The first kappa shape index (κ1) is 17.9. The lowest BCUT2D eigenvalue weighted by Crippen LogP contribution is -2.30. The van der Waals surface area contributed by atoms with Gasteiger partial charge >= 0.3 is 0 Å². The summed E-state index contributed by atoms with van der Waals surface area (Å²) >= 11 is 5.92. The molecule has 1 amide bonds. The van der Waals surface area contributed by atoms with Crippen LogP contribution in [0.25, 0.3) is 0 Å². The molecule has 0 bridgehead atoms. The van der Waals surface area contributed by atoms with E-state index in [-0.39, 0.29) is 5.91 Å². The minimum atomic E-state index is -0.671. The summed E-state index contributed by atoms with van der Waals surface area (Å²) in [6.45, 7) is 2.39. The molecule has 0 saturated heterocycles. The number of rotatable bonds is 7. The maximum Gasteiger partial charge on any atom is 0.266 e. The molecule has 2 heterocycles. The number of ether oxygens (including phenoxy) is 1. The molecule has 2 aromatic heterocycles. The number of aromatic nitrogens is 3. The second-order valence-electron chi connectivity index (χ2n) is 5.78. The number of nitrogens with zero attached hydrogens (tertiary/aromatic N) is 3. The Balaban J connectivity index is 1.52. The quantitative estimate of drug-likeness (QED) is 0.690. The number of anilines is 1. The van der Waals surface area contributed by atoms with Crippen molar-refractivity contribution in [2.75, 3.05) is 5.32 Å². The third-order valence-corrected chi connectivity index (χ3v) is 3.98.